The molecule has 1 heterocycles. The van der Waals surface area contributed by atoms with Gasteiger partial charge in [0, 0.05) is 44.0 Å². The van der Waals surface area contributed by atoms with Crippen molar-refractivity contribution in [1.29, 1.82) is 0 Å². The molecule has 39 heavy (non-hydrogen) atoms. The topological polar surface area (TPSA) is 80.4 Å². The zero-order valence-corrected chi connectivity index (χ0v) is 23.5. The van der Waals surface area contributed by atoms with Gasteiger partial charge >= 0.3 is 0 Å². The molecule has 0 atom stereocenters. The maximum Gasteiger partial charge on any atom is 0.253 e. The van der Waals surface area contributed by atoms with Crippen molar-refractivity contribution in [2.24, 2.45) is 10.7 Å². The number of methoxy groups -OCH3 is 1. The molecule has 0 fully saturated rings. The van der Waals surface area contributed by atoms with Crippen LogP contribution >= 0.6 is 0 Å². The van der Waals surface area contributed by atoms with Gasteiger partial charge in [-0.1, -0.05) is 36.4 Å². The molecule has 3 aromatic rings. The number of carbonyl (C=O) groups excluding carboxylic acids is 1. The van der Waals surface area contributed by atoms with Gasteiger partial charge in [0.25, 0.3) is 5.91 Å². The second-order valence-corrected chi connectivity index (χ2v) is 9.26. The second kappa shape index (κ2) is 14.7. The molecule has 0 aromatic heterocycles. The highest BCUT2D eigenvalue weighted by molar-refractivity contribution is 5.94. The summed E-state index contributed by atoms with van der Waals surface area (Å²) in [6.45, 7) is 13.4. The summed E-state index contributed by atoms with van der Waals surface area (Å²) in [4.78, 5) is 19.8. The third kappa shape index (κ3) is 8.19. The van der Waals surface area contributed by atoms with Crippen molar-refractivity contribution in [3.8, 4) is 17.2 Å². The molecule has 0 unspecified atom stereocenters. The van der Waals surface area contributed by atoms with E-state index >= 15 is 0 Å². The number of hydrogen-bond acceptors (Lipinski definition) is 6. The Hall–Kier alpha value is -4.10. The average molecular weight is 529 g/mol. The van der Waals surface area contributed by atoms with Crippen LogP contribution in [0, 0.1) is 0 Å². The van der Waals surface area contributed by atoms with Crippen LogP contribution in [0.2, 0.25) is 0 Å². The van der Waals surface area contributed by atoms with Gasteiger partial charge in [0.2, 0.25) is 0 Å². The van der Waals surface area contributed by atoms with Gasteiger partial charge in [-0.2, -0.15) is 0 Å². The standard InChI is InChI=1S/C21H25N3O2.C11H15NO/c1-15(23-2)19(22)14-24-10-9-16-11-20(25-3)21(12-17(16)13-24)26-18-7-5-4-6-8-18;1-3-12(4-2)11(13)10-8-6-5-7-9-10/h4-8,11-12H,2,9-10,13-14,22H2,1,3H3;5-9H,3-4H2,1-2H3/b19-15-;. The fraction of sp³-hybridized carbons (Fsp3) is 0.312. The maximum atomic E-state index is 11.7. The first-order valence-electron chi connectivity index (χ1n) is 13.3. The van der Waals surface area contributed by atoms with Crippen molar-refractivity contribution in [1.82, 2.24) is 9.80 Å². The lowest BCUT2D eigenvalue weighted by Crippen LogP contribution is -2.34. The Labute approximate surface area is 232 Å². The number of aliphatic imine (C=N–C) groups is 1. The normalized spacial score (nSPS) is 13.2. The van der Waals surface area contributed by atoms with E-state index in [2.05, 4.69) is 28.7 Å². The lowest BCUT2D eigenvalue weighted by Gasteiger charge is -2.29. The number of allylic oxidation sites excluding steroid dienone is 1. The van der Waals surface area contributed by atoms with Crippen molar-refractivity contribution >= 4 is 12.6 Å². The number of nitrogens with two attached hydrogens (primary N) is 1. The first-order valence-corrected chi connectivity index (χ1v) is 13.3. The number of carbonyl (C=O) groups is 1. The molecule has 0 saturated heterocycles. The largest absolute Gasteiger partial charge is 0.493 e. The van der Waals surface area contributed by atoms with Crippen LogP contribution in [0.5, 0.6) is 17.2 Å². The van der Waals surface area contributed by atoms with Crippen LogP contribution in [-0.2, 0) is 13.0 Å². The average Bonchev–Trinajstić information content (AvgIpc) is 2.98. The Morgan fingerprint density at radius 1 is 1.00 bits per heavy atom. The third-order valence-corrected chi connectivity index (χ3v) is 6.72. The summed E-state index contributed by atoms with van der Waals surface area (Å²) in [6.07, 6.45) is 0.950. The van der Waals surface area contributed by atoms with E-state index < -0.39 is 0 Å². The molecular formula is C32H40N4O3. The highest BCUT2D eigenvalue weighted by atomic mass is 16.5. The Kier molecular flexibility index (Phi) is 11.1. The smallest absolute Gasteiger partial charge is 0.253 e. The summed E-state index contributed by atoms with van der Waals surface area (Å²) < 4.78 is 11.6. The van der Waals surface area contributed by atoms with E-state index in [1.54, 1.807) is 7.11 Å². The molecule has 0 radical (unpaired) electrons. The zero-order valence-electron chi connectivity index (χ0n) is 23.5. The van der Waals surface area contributed by atoms with Gasteiger partial charge in [-0.25, -0.2) is 0 Å². The predicted molar refractivity (Wildman–Crippen MR) is 159 cm³/mol. The number of ether oxygens (including phenoxy) is 2. The van der Waals surface area contributed by atoms with Crippen molar-refractivity contribution < 1.29 is 14.3 Å². The number of amides is 1. The van der Waals surface area contributed by atoms with E-state index in [0.717, 1.165) is 66.8 Å². The molecule has 2 N–H and O–H groups in total. The number of benzene rings is 3. The van der Waals surface area contributed by atoms with Crippen molar-refractivity contribution in [2.75, 3.05) is 33.3 Å². The predicted octanol–water partition coefficient (Wildman–Crippen LogP) is 5.91. The van der Waals surface area contributed by atoms with Crippen molar-refractivity contribution in [3.05, 3.63) is 101 Å². The first kappa shape index (κ1) is 29.5. The summed E-state index contributed by atoms with van der Waals surface area (Å²) in [5, 5.41) is 0. The van der Waals surface area contributed by atoms with E-state index in [0.29, 0.717) is 6.54 Å². The summed E-state index contributed by atoms with van der Waals surface area (Å²) in [5.41, 5.74) is 11.0. The quantitative estimate of drug-likeness (QED) is 0.350. The van der Waals surface area contributed by atoms with Crippen LogP contribution in [0.4, 0.5) is 0 Å². The number of para-hydroxylation sites is 1. The van der Waals surface area contributed by atoms with Gasteiger partial charge in [0.1, 0.15) is 5.75 Å². The molecule has 3 aromatic carbocycles. The second-order valence-electron chi connectivity index (χ2n) is 9.26. The summed E-state index contributed by atoms with van der Waals surface area (Å²) >= 11 is 0. The summed E-state index contributed by atoms with van der Waals surface area (Å²) in [7, 11) is 1.67. The molecule has 0 bridgehead atoms. The van der Waals surface area contributed by atoms with Gasteiger partial charge in [-0.15, -0.1) is 0 Å². The molecular weight excluding hydrogens is 488 g/mol. The SMILES string of the molecule is C=N/C(C)=C(\N)CN1CCc2cc(OC)c(Oc3ccccc3)cc2C1.CCN(CC)C(=O)c1ccccc1. The zero-order chi connectivity index (χ0) is 28.2. The molecule has 0 aliphatic carbocycles. The number of fused-ring (bicyclic) bond motifs is 1. The molecule has 0 saturated carbocycles. The van der Waals surface area contributed by atoms with Crippen molar-refractivity contribution in [3.63, 3.8) is 0 Å². The van der Waals surface area contributed by atoms with Crippen LogP contribution in [0.1, 0.15) is 42.3 Å². The highest BCUT2D eigenvalue weighted by Crippen LogP contribution is 2.36. The van der Waals surface area contributed by atoms with Crippen LogP contribution in [0.3, 0.4) is 0 Å². The first-order chi connectivity index (χ1) is 18.9. The highest BCUT2D eigenvalue weighted by Gasteiger charge is 2.20. The molecule has 7 heteroatoms. The molecule has 0 spiro atoms. The lowest BCUT2D eigenvalue weighted by atomic mass is 9.98. The van der Waals surface area contributed by atoms with Crippen LogP contribution < -0.4 is 15.2 Å². The fourth-order valence-corrected chi connectivity index (χ4v) is 4.34. The van der Waals surface area contributed by atoms with Gasteiger partial charge in [0.15, 0.2) is 11.5 Å². The minimum Gasteiger partial charge on any atom is -0.493 e. The Bertz CT molecular complexity index is 1260. The number of hydrogen-bond donors (Lipinski definition) is 1. The summed E-state index contributed by atoms with van der Waals surface area (Å²) in [6, 6.07) is 23.3. The van der Waals surface area contributed by atoms with E-state index in [4.69, 9.17) is 15.2 Å². The minimum absolute atomic E-state index is 0.116. The Balaban J connectivity index is 0.000000272. The molecule has 1 amide bonds. The van der Waals surface area contributed by atoms with Gasteiger partial charge in [0.05, 0.1) is 12.8 Å². The molecule has 4 rings (SSSR count). The fourth-order valence-electron chi connectivity index (χ4n) is 4.34. The van der Waals surface area contributed by atoms with E-state index in [-0.39, 0.29) is 5.91 Å². The molecule has 1 aliphatic heterocycles. The monoisotopic (exact) mass is 528 g/mol. The van der Waals surface area contributed by atoms with Crippen LogP contribution in [0.25, 0.3) is 0 Å². The van der Waals surface area contributed by atoms with E-state index in [1.165, 1.54) is 11.1 Å². The maximum absolute atomic E-state index is 11.7. The van der Waals surface area contributed by atoms with Gasteiger partial charge in [-0.05, 0) is 81.4 Å². The van der Waals surface area contributed by atoms with Crippen LogP contribution in [0.15, 0.2) is 89.2 Å². The molecule has 1 aliphatic rings. The minimum atomic E-state index is 0.116. The third-order valence-electron chi connectivity index (χ3n) is 6.72. The van der Waals surface area contributed by atoms with Crippen molar-refractivity contribution in [2.45, 2.75) is 33.7 Å². The molecule has 7 nitrogen and oxygen atoms in total. The van der Waals surface area contributed by atoms with Gasteiger partial charge in [-0.3, -0.25) is 14.7 Å². The van der Waals surface area contributed by atoms with E-state index in [1.807, 2.05) is 86.3 Å². The lowest BCUT2D eigenvalue weighted by molar-refractivity contribution is 0.0773. The number of nitrogens with zero attached hydrogens (tertiary/aromatic N) is 3. The number of rotatable bonds is 9. The Morgan fingerprint density at radius 2 is 1.62 bits per heavy atom. The Morgan fingerprint density at radius 3 is 2.21 bits per heavy atom. The van der Waals surface area contributed by atoms with Gasteiger partial charge < -0.3 is 20.1 Å². The molecule has 206 valence electrons. The van der Waals surface area contributed by atoms with E-state index in [9.17, 15) is 4.79 Å². The van der Waals surface area contributed by atoms with Crippen LogP contribution in [-0.4, -0.2) is 55.7 Å². The summed E-state index contributed by atoms with van der Waals surface area (Å²) in [5.74, 6) is 2.39.